The highest BCUT2D eigenvalue weighted by molar-refractivity contribution is 6.06. The summed E-state index contributed by atoms with van der Waals surface area (Å²) in [6.07, 6.45) is 0. The lowest BCUT2D eigenvalue weighted by atomic mass is 10.1. The van der Waals surface area contributed by atoms with Crippen molar-refractivity contribution in [1.82, 2.24) is 14.5 Å². The van der Waals surface area contributed by atoms with Crippen LogP contribution in [0.1, 0.15) is 39.0 Å². The molecular formula is C22H23N5O5. The van der Waals surface area contributed by atoms with Gasteiger partial charge in [-0.2, -0.15) is 0 Å². The Bertz CT molecular complexity index is 1280. The molecule has 166 valence electrons. The van der Waals surface area contributed by atoms with Gasteiger partial charge in [-0.15, -0.1) is 0 Å². The average molecular weight is 437 g/mol. The summed E-state index contributed by atoms with van der Waals surface area (Å²) in [4.78, 5) is 57.2. The largest absolute Gasteiger partial charge is 0.462 e. The fraction of sp³-hybridized carbons (Fsp3) is 0.227. The molecule has 0 saturated carbocycles. The van der Waals surface area contributed by atoms with Gasteiger partial charge in [0.2, 0.25) is 0 Å². The molecule has 0 atom stereocenters. The minimum atomic E-state index is -0.799. The summed E-state index contributed by atoms with van der Waals surface area (Å²) in [5, 5.41) is 0. The van der Waals surface area contributed by atoms with Gasteiger partial charge in [0.15, 0.2) is 5.69 Å². The molecule has 1 aromatic carbocycles. The van der Waals surface area contributed by atoms with Crippen LogP contribution in [0.3, 0.4) is 0 Å². The molecule has 10 heteroatoms. The maximum absolute atomic E-state index is 13.0. The second kappa shape index (κ2) is 9.29. The van der Waals surface area contributed by atoms with Crippen molar-refractivity contribution in [3.05, 3.63) is 85.8 Å². The number of hydrogen-bond donors (Lipinski definition) is 2. The van der Waals surface area contributed by atoms with E-state index in [2.05, 4.69) is 9.97 Å². The minimum Gasteiger partial charge on any atom is -0.462 e. The predicted molar refractivity (Wildman–Crippen MR) is 119 cm³/mol. The summed E-state index contributed by atoms with van der Waals surface area (Å²) in [5.41, 5.74) is 5.81. The molecular weight excluding hydrogens is 414 g/mol. The molecule has 3 N–H and O–H groups in total. The molecule has 0 aliphatic rings. The van der Waals surface area contributed by atoms with Crippen LogP contribution in [-0.4, -0.2) is 40.1 Å². The van der Waals surface area contributed by atoms with Crippen LogP contribution in [0, 0.1) is 6.92 Å². The standard InChI is InChI=1S/C22H23N5O5/c1-4-32-21(30)15-10-11-16(24-13(15)2)20(29)26(3)17-18(23)27(22(31)25-19(17)28)12-14-8-6-5-7-9-14/h5-11H,4,12,23H2,1-3H3,(H,25,28,31). The fourth-order valence-corrected chi connectivity index (χ4v) is 3.20. The van der Waals surface area contributed by atoms with Crippen LogP contribution < -0.4 is 21.9 Å². The molecule has 32 heavy (non-hydrogen) atoms. The topological polar surface area (TPSA) is 140 Å². The number of nitrogen functional groups attached to an aromatic ring is 1. The van der Waals surface area contributed by atoms with Crippen LogP contribution in [0.4, 0.5) is 11.5 Å². The molecule has 3 rings (SSSR count). The second-order valence-electron chi connectivity index (χ2n) is 6.98. The molecule has 0 saturated heterocycles. The first kappa shape index (κ1) is 22.5. The highest BCUT2D eigenvalue weighted by atomic mass is 16.5. The number of carbonyl (C=O) groups is 2. The van der Waals surface area contributed by atoms with Crippen molar-refractivity contribution in [2.24, 2.45) is 0 Å². The third kappa shape index (κ3) is 4.43. The first-order chi connectivity index (χ1) is 15.2. The number of amides is 1. The minimum absolute atomic E-state index is 0.00217. The first-order valence-corrected chi connectivity index (χ1v) is 9.84. The number of esters is 1. The Morgan fingerprint density at radius 1 is 1.16 bits per heavy atom. The van der Waals surface area contributed by atoms with E-state index in [4.69, 9.17) is 10.5 Å². The molecule has 0 aliphatic heterocycles. The van der Waals surface area contributed by atoms with Crippen LogP contribution in [0.2, 0.25) is 0 Å². The molecule has 2 aromatic heterocycles. The molecule has 0 spiro atoms. The number of aryl methyl sites for hydroxylation is 1. The Morgan fingerprint density at radius 3 is 2.47 bits per heavy atom. The summed E-state index contributed by atoms with van der Waals surface area (Å²) in [7, 11) is 1.36. The van der Waals surface area contributed by atoms with Gasteiger partial charge in [0.05, 0.1) is 24.4 Å². The van der Waals surface area contributed by atoms with Gasteiger partial charge < -0.3 is 15.4 Å². The molecule has 0 fully saturated rings. The number of nitrogens with two attached hydrogens (primary N) is 1. The number of anilines is 2. The highest BCUT2D eigenvalue weighted by Crippen LogP contribution is 2.19. The van der Waals surface area contributed by atoms with Crippen LogP contribution in [0.15, 0.2) is 52.1 Å². The lowest BCUT2D eigenvalue weighted by Crippen LogP contribution is -2.39. The lowest BCUT2D eigenvalue weighted by molar-refractivity contribution is 0.0524. The van der Waals surface area contributed by atoms with Crippen LogP contribution in [0.5, 0.6) is 0 Å². The van der Waals surface area contributed by atoms with Gasteiger partial charge in [-0.25, -0.2) is 14.6 Å². The molecule has 1 amide bonds. The first-order valence-electron chi connectivity index (χ1n) is 9.84. The number of benzene rings is 1. The van der Waals surface area contributed by atoms with Gasteiger partial charge in [0, 0.05) is 7.05 Å². The third-order valence-corrected chi connectivity index (χ3v) is 4.84. The number of hydrogen-bond acceptors (Lipinski definition) is 7. The summed E-state index contributed by atoms with van der Waals surface area (Å²) < 4.78 is 6.14. The van der Waals surface area contributed by atoms with Crippen LogP contribution in [-0.2, 0) is 11.3 Å². The number of pyridine rings is 1. The SMILES string of the molecule is CCOC(=O)c1ccc(C(=O)N(C)c2c(N)n(Cc3ccccc3)c(=O)[nH]c2=O)nc1C. The number of H-pyrrole nitrogens is 1. The summed E-state index contributed by atoms with van der Waals surface area (Å²) >= 11 is 0. The van der Waals surface area contributed by atoms with E-state index >= 15 is 0 Å². The zero-order valence-corrected chi connectivity index (χ0v) is 17.9. The number of aromatic amines is 1. The molecule has 2 heterocycles. The van der Waals surface area contributed by atoms with E-state index in [1.54, 1.807) is 13.8 Å². The number of carbonyl (C=O) groups excluding carboxylic acids is 2. The van der Waals surface area contributed by atoms with E-state index in [0.717, 1.165) is 10.5 Å². The van der Waals surface area contributed by atoms with Crippen LogP contribution in [0.25, 0.3) is 0 Å². The van der Waals surface area contributed by atoms with Gasteiger partial charge in [0.1, 0.15) is 11.5 Å². The smallest absolute Gasteiger partial charge is 0.339 e. The Hall–Kier alpha value is -4.21. The van der Waals surface area contributed by atoms with Gasteiger partial charge in [-0.3, -0.25) is 19.1 Å². The maximum atomic E-state index is 13.0. The molecule has 0 bridgehead atoms. The summed E-state index contributed by atoms with van der Waals surface area (Å²) in [6, 6.07) is 11.9. The maximum Gasteiger partial charge on any atom is 0.339 e. The molecule has 0 aliphatic carbocycles. The van der Waals surface area contributed by atoms with E-state index in [1.165, 1.54) is 23.7 Å². The highest BCUT2D eigenvalue weighted by Gasteiger charge is 2.24. The Kier molecular flexibility index (Phi) is 6.53. The van der Waals surface area contributed by atoms with Crippen LogP contribution >= 0.6 is 0 Å². The summed E-state index contributed by atoms with van der Waals surface area (Å²) in [5.74, 6) is -1.33. The van der Waals surface area contributed by atoms with Crippen molar-refractivity contribution >= 4 is 23.4 Å². The van der Waals surface area contributed by atoms with E-state index in [9.17, 15) is 19.2 Å². The van der Waals surface area contributed by atoms with E-state index < -0.39 is 23.1 Å². The lowest BCUT2D eigenvalue weighted by Gasteiger charge is -2.20. The van der Waals surface area contributed by atoms with Gasteiger partial charge in [0.25, 0.3) is 11.5 Å². The van der Waals surface area contributed by atoms with Crippen molar-refractivity contribution in [3.63, 3.8) is 0 Å². The predicted octanol–water partition coefficient (Wildman–Crippen LogP) is 1.32. The van der Waals surface area contributed by atoms with Crippen molar-refractivity contribution in [3.8, 4) is 0 Å². The zero-order valence-electron chi connectivity index (χ0n) is 17.9. The Morgan fingerprint density at radius 2 is 1.84 bits per heavy atom. The van der Waals surface area contributed by atoms with Gasteiger partial charge in [-0.1, -0.05) is 30.3 Å². The number of ether oxygens (including phenoxy) is 1. The summed E-state index contributed by atoms with van der Waals surface area (Å²) in [6.45, 7) is 3.59. The second-order valence-corrected chi connectivity index (χ2v) is 6.98. The van der Waals surface area contributed by atoms with E-state index in [0.29, 0.717) is 5.69 Å². The number of nitrogens with one attached hydrogen (secondary N) is 1. The molecule has 0 radical (unpaired) electrons. The molecule has 0 unspecified atom stereocenters. The Balaban J connectivity index is 1.97. The molecule has 3 aromatic rings. The quantitative estimate of drug-likeness (QED) is 0.554. The van der Waals surface area contributed by atoms with Crippen molar-refractivity contribution < 1.29 is 14.3 Å². The van der Waals surface area contributed by atoms with Gasteiger partial charge >= 0.3 is 11.7 Å². The number of aromatic nitrogens is 3. The number of rotatable bonds is 6. The Labute approximate surface area is 183 Å². The van der Waals surface area contributed by atoms with E-state index in [-0.39, 0.29) is 35.9 Å². The van der Waals surface area contributed by atoms with Crippen molar-refractivity contribution in [2.75, 3.05) is 24.3 Å². The van der Waals surface area contributed by atoms with Crippen molar-refractivity contribution in [1.29, 1.82) is 0 Å². The normalized spacial score (nSPS) is 10.6. The average Bonchev–Trinajstić information content (AvgIpc) is 2.76. The van der Waals surface area contributed by atoms with E-state index in [1.807, 2.05) is 30.3 Å². The zero-order chi connectivity index (χ0) is 23.4. The number of nitrogens with zero attached hydrogens (tertiary/aromatic N) is 3. The van der Waals surface area contributed by atoms with Gasteiger partial charge in [-0.05, 0) is 31.5 Å². The third-order valence-electron chi connectivity index (χ3n) is 4.84. The van der Waals surface area contributed by atoms with Crippen molar-refractivity contribution in [2.45, 2.75) is 20.4 Å². The monoisotopic (exact) mass is 437 g/mol. The molecule has 10 nitrogen and oxygen atoms in total. The fourth-order valence-electron chi connectivity index (χ4n) is 3.20.